The quantitative estimate of drug-likeness (QED) is 0.476. The van der Waals surface area contributed by atoms with Crippen molar-refractivity contribution < 1.29 is 5.11 Å². The van der Waals surface area contributed by atoms with Gasteiger partial charge in [-0.15, -0.1) is 0 Å². The number of aromatic nitrogens is 2. The van der Waals surface area contributed by atoms with Crippen LogP contribution in [-0.4, -0.2) is 28.2 Å². The summed E-state index contributed by atoms with van der Waals surface area (Å²) in [6.45, 7) is 0.914. The van der Waals surface area contributed by atoms with Crippen molar-refractivity contribution in [3.63, 3.8) is 0 Å². The van der Waals surface area contributed by atoms with E-state index in [0.717, 1.165) is 18.4 Å². The van der Waals surface area contributed by atoms with E-state index in [-0.39, 0.29) is 12.0 Å². The molecule has 6 nitrogen and oxygen atoms in total. The standard InChI is InChI=1S/C15H19N5O/c16-20-13-8-12(17-9-15(10-21)6-7-15)18-14(19-13)11-4-2-1-3-5-11/h1-5,8,21H,6-7,9-10,16H2,(H2,17,18,19,20). The maximum absolute atomic E-state index is 9.36. The molecule has 0 unspecified atom stereocenters. The van der Waals surface area contributed by atoms with Crippen molar-refractivity contribution in [2.75, 3.05) is 23.9 Å². The Labute approximate surface area is 123 Å². The first-order valence-corrected chi connectivity index (χ1v) is 7.01. The predicted octanol–water partition coefficient (Wildman–Crippen LogP) is 1.61. The molecule has 1 heterocycles. The SMILES string of the molecule is NNc1cc(NCC2(CO)CC2)nc(-c2ccccc2)n1. The fourth-order valence-corrected chi connectivity index (χ4v) is 2.17. The summed E-state index contributed by atoms with van der Waals surface area (Å²) < 4.78 is 0. The first kappa shape index (κ1) is 13.8. The van der Waals surface area contributed by atoms with Crippen LogP contribution in [0.2, 0.25) is 0 Å². The maximum Gasteiger partial charge on any atom is 0.163 e. The van der Waals surface area contributed by atoms with Gasteiger partial charge < -0.3 is 15.8 Å². The summed E-state index contributed by atoms with van der Waals surface area (Å²) in [6, 6.07) is 11.5. The fourth-order valence-electron chi connectivity index (χ4n) is 2.17. The molecule has 1 aromatic carbocycles. The average Bonchev–Trinajstić information content (AvgIpc) is 3.34. The summed E-state index contributed by atoms with van der Waals surface area (Å²) in [7, 11) is 0. The molecule has 0 spiro atoms. The number of anilines is 2. The largest absolute Gasteiger partial charge is 0.396 e. The van der Waals surface area contributed by atoms with Crippen LogP contribution in [0.5, 0.6) is 0 Å². The minimum absolute atomic E-state index is 0.0220. The van der Waals surface area contributed by atoms with E-state index in [0.29, 0.717) is 24.0 Å². The number of hydrogen-bond donors (Lipinski definition) is 4. The summed E-state index contributed by atoms with van der Waals surface area (Å²) >= 11 is 0. The van der Waals surface area contributed by atoms with Gasteiger partial charge in [0.1, 0.15) is 11.6 Å². The lowest BCUT2D eigenvalue weighted by atomic mass is 10.1. The monoisotopic (exact) mass is 285 g/mol. The number of nitrogen functional groups attached to an aromatic ring is 1. The number of nitrogens with two attached hydrogens (primary N) is 1. The molecule has 21 heavy (non-hydrogen) atoms. The smallest absolute Gasteiger partial charge is 0.163 e. The van der Waals surface area contributed by atoms with E-state index in [2.05, 4.69) is 20.7 Å². The molecule has 0 aliphatic heterocycles. The summed E-state index contributed by atoms with van der Waals surface area (Å²) in [4.78, 5) is 8.88. The second-order valence-electron chi connectivity index (χ2n) is 5.48. The third kappa shape index (κ3) is 3.12. The molecule has 110 valence electrons. The van der Waals surface area contributed by atoms with E-state index >= 15 is 0 Å². The lowest BCUT2D eigenvalue weighted by molar-refractivity contribution is 0.219. The highest BCUT2D eigenvalue weighted by Crippen LogP contribution is 2.44. The van der Waals surface area contributed by atoms with Crippen molar-refractivity contribution >= 4 is 11.6 Å². The highest BCUT2D eigenvalue weighted by Gasteiger charge is 2.41. The minimum atomic E-state index is 0.0220. The third-order valence-corrected chi connectivity index (χ3v) is 3.84. The maximum atomic E-state index is 9.36. The van der Waals surface area contributed by atoms with Crippen molar-refractivity contribution in [3.8, 4) is 11.4 Å². The molecule has 1 aromatic heterocycles. The van der Waals surface area contributed by atoms with Crippen LogP contribution in [0.1, 0.15) is 12.8 Å². The van der Waals surface area contributed by atoms with Crippen molar-refractivity contribution in [1.29, 1.82) is 0 Å². The summed E-state index contributed by atoms with van der Waals surface area (Å²) in [5, 5.41) is 12.6. The third-order valence-electron chi connectivity index (χ3n) is 3.84. The Morgan fingerprint density at radius 2 is 1.86 bits per heavy atom. The topological polar surface area (TPSA) is 96.1 Å². The highest BCUT2D eigenvalue weighted by molar-refractivity contribution is 5.61. The van der Waals surface area contributed by atoms with E-state index in [4.69, 9.17) is 5.84 Å². The number of aliphatic hydroxyl groups is 1. The Bertz CT molecular complexity index is 613. The van der Waals surface area contributed by atoms with E-state index < -0.39 is 0 Å². The van der Waals surface area contributed by atoms with E-state index in [9.17, 15) is 5.11 Å². The van der Waals surface area contributed by atoms with E-state index in [1.54, 1.807) is 6.07 Å². The molecule has 0 amide bonds. The summed E-state index contributed by atoms with van der Waals surface area (Å²) in [5.74, 6) is 7.35. The van der Waals surface area contributed by atoms with Crippen LogP contribution >= 0.6 is 0 Å². The van der Waals surface area contributed by atoms with Crippen LogP contribution in [0.15, 0.2) is 36.4 Å². The summed E-state index contributed by atoms with van der Waals surface area (Å²) in [6.07, 6.45) is 2.10. The number of nitrogens with zero attached hydrogens (tertiary/aromatic N) is 2. The van der Waals surface area contributed by atoms with Gasteiger partial charge in [-0.2, -0.15) is 0 Å². The molecular weight excluding hydrogens is 266 g/mol. The molecule has 0 atom stereocenters. The molecule has 2 aromatic rings. The van der Waals surface area contributed by atoms with Crippen molar-refractivity contribution in [2.45, 2.75) is 12.8 Å². The lowest BCUT2D eigenvalue weighted by Crippen LogP contribution is -2.20. The van der Waals surface area contributed by atoms with Gasteiger partial charge in [0.15, 0.2) is 5.82 Å². The van der Waals surface area contributed by atoms with Crippen LogP contribution in [-0.2, 0) is 0 Å². The van der Waals surface area contributed by atoms with Gasteiger partial charge in [0.05, 0.1) is 6.61 Å². The molecule has 0 radical (unpaired) electrons. The van der Waals surface area contributed by atoms with Gasteiger partial charge in [0.2, 0.25) is 0 Å². The Balaban J connectivity index is 1.83. The van der Waals surface area contributed by atoms with Crippen molar-refractivity contribution in [2.24, 2.45) is 11.3 Å². The number of rotatable bonds is 6. The van der Waals surface area contributed by atoms with E-state index in [1.165, 1.54) is 0 Å². The first-order chi connectivity index (χ1) is 10.2. The van der Waals surface area contributed by atoms with Crippen LogP contribution in [0.4, 0.5) is 11.6 Å². The van der Waals surface area contributed by atoms with Crippen LogP contribution in [0.25, 0.3) is 11.4 Å². The molecule has 0 bridgehead atoms. The molecule has 3 rings (SSSR count). The Morgan fingerprint density at radius 3 is 2.48 bits per heavy atom. The zero-order valence-corrected chi connectivity index (χ0v) is 11.7. The molecule has 5 N–H and O–H groups in total. The van der Waals surface area contributed by atoms with Gasteiger partial charge in [0.25, 0.3) is 0 Å². The molecule has 1 fully saturated rings. The van der Waals surface area contributed by atoms with Gasteiger partial charge in [-0.1, -0.05) is 30.3 Å². The molecule has 0 saturated heterocycles. The number of hydrogen-bond acceptors (Lipinski definition) is 6. The second kappa shape index (κ2) is 5.67. The van der Waals surface area contributed by atoms with Gasteiger partial charge in [0, 0.05) is 23.6 Å². The number of benzene rings is 1. The molecule has 1 saturated carbocycles. The molecule has 1 aliphatic rings. The van der Waals surface area contributed by atoms with Gasteiger partial charge >= 0.3 is 0 Å². The van der Waals surface area contributed by atoms with Crippen LogP contribution in [0.3, 0.4) is 0 Å². The predicted molar refractivity (Wildman–Crippen MR) is 82.5 cm³/mol. The molecule has 1 aliphatic carbocycles. The van der Waals surface area contributed by atoms with Crippen molar-refractivity contribution in [3.05, 3.63) is 36.4 Å². The van der Waals surface area contributed by atoms with E-state index in [1.807, 2.05) is 30.3 Å². The second-order valence-corrected chi connectivity index (χ2v) is 5.48. The number of nitrogens with one attached hydrogen (secondary N) is 2. The minimum Gasteiger partial charge on any atom is -0.396 e. The zero-order chi connectivity index (χ0) is 14.7. The Kier molecular flexibility index (Phi) is 3.72. The first-order valence-electron chi connectivity index (χ1n) is 7.01. The Hall–Kier alpha value is -2.18. The number of hydrazine groups is 1. The van der Waals surface area contributed by atoms with Crippen molar-refractivity contribution in [1.82, 2.24) is 9.97 Å². The van der Waals surface area contributed by atoms with Gasteiger partial charge in [-0.3, -0.25) is 0 Å². The zero-order valence-electron chi connectivity index (χ0n) is 11.7. The molecular formula is C15H19N5O. The summed E-state index contributed by atoms with van der Waals surface area (Å²) in [5.41, 5.74) is 3.52. The van der Waals surface area contributed by atoms with Gasteiger partial charge in [-0.25, -0.2) is 15.8 Å². The Morgan fingerprint density at radius 1 is 1.14 bits per heavy atom. The molecule has 6 heteroatoms. The average molecular weight is 285 g/mol. The number of aliphatic hydroxyl groups excluding tert-OH is 1. The lowest BCUT2D eigenvalue weighted by Gasteiger charge is -2.14. The van der Waals surface area contributed by atoms with Gasteiger partial charge in [-0.05, 0) is 12.8 Å². The fraction of sp³-hybridized carbons (Fsp3) is 0.333. The van der Waals surface area contributed by atoms with Crippen LogP contribution < -0.4 is 16.6 Å². The van der Waals surface area contributed by atoms with Crippen LogP contribution in [0, 0.1) is 5.41 Å². The highest BCUT2D eigenvalue weighted by atomic mass is 16.3. The normalized spacial score (nSPS) is 15.5.